The van der Waals surface area contributed by atoms with E-state index in [1.165, 1.54) is 4.90 Å². The van der Waals surface area contributed by atoms with E-state index in [9.17, 15) is 9.59 Å². The van der Waals surface area contributed by atoms with Gasteiger partial charge in [0.15, 0.2) is 11.4 Å². The van der Waals surface area contributed by atoms with Crippen LogP contribution in [0.2, 0.25) is 5.02 Å². The second kappa shape index (κ2) is 7.62. The molecule has 0 unspecified atom stereocenters. The van der Waals surface area contributed by atoms with Crippen molar-refractivity contribution in [1.82, 2.24) is 10.2 Å². The molecule has 0 saturated carbocycles. The first kappa shape index (κ1) is 19.5. The van der Waals surface area contributed by atoms with Crippen LogP contribution in [0.5, 0.6) is 5.75 Å². The number of ether oxygens (including phenoxy) is 1. The zero-order valence-electron chi connectivity index (χ0n) is 15.5. The zero-order chi connectivity index (χ0) is 18.8. The molecule has 1 heterocycles. The molecule has 0 aromatic heterocycles. The number of benzene rings is 1. The van der Waals surface area contributed by atoms with E-state index in [4.69, 9.17) is 16.3 Å². The molecule has 25 heavy (non-hydrogen) atoms. The van der Waals surface area contributed by atoms with Crippen LogP contribution in [0.1, 0.15) is 38.1 Å². The third-order valence-corrected chi connectivity index (χ3v) is 4.64. The molecule has 1 aliphatic rings. The first-order chi connectivity index (χ1) is 11.7. The average molecular weight is 368 g/mol. The zero-order valence-corrected chi connectivity index (χ0v) is 16.2. The quantitative estimate of drug-likeness (QED) is 0.839. The molecular formula is C18H26ClN3O3. The molecule has 2 rings (SSSR count). The molecule has 2 amide bonds. The highest BCUT2D eigenvalue weighted by Gasteiger charge is 2.41. The van der Waals surface area contributed by atoms with Crippen LogP contribution in [0.4, 0.5) is 5.69 Å². The van der Waals surface area contributed by atoms with Crippen LogP contribution in [0.15, 0.2) is 12.1 Å². The third-order valence-electron chi connectivity index (χ3n) is 4.42. The lowest BCUT2D eigenvalue weighted by molar-refractivity contribution is -0.132. The fourth-order valence-electron chi connectivity index (χ4n) is 2.88. The molecule has 0 fully saturated rings. The Bertz CT molecular complexity index is 672. The summed E-state index contributed by atoms with van der Waals surface area (Å²) in [5.74, 6) is -0.0588. The normalized spacial score (nSPS) is 15.8. The smallest absolute Gasteiger partial charge is 0.270 e. The third kappa shape index (κ3) is 4.07. The lowest BCUT2D eigenvalue weighted by Crippen LogP contribution is -2.51. The highest BCUT2D eigenvalue weighted by Crippen LogP contribution is 2.41. The maximum Gasteiger partial charge on any atom is 0.270 e. The van der Waals surface area contributed by atoms with Gasteiger partial charge in [0.1, 0.15) is 0 Å². The molecule has 0 bridgehead atoms. The first-order valence-electron chi connectivity index (χ1n) is 8.52. The Kier molecular flexibility index (Phi) is 5.95. The van der Waals surface area contributed by atoms with Crippen LogP contribution in [0.25, 0.3) is 0 Å². The van der Waals surface area contributed by atoms with Crippen LogP contribution in [0.3, 0.4) is 0 Å². The molecule has 0 saturated heterocycles. The van der Waals surface area contributed by atoms with Crippen molar-refractivity contribution >= 4 is 29.1 Å². The van der Waals surface area contributed by atoms with Crippen molar-refractivity contribution in [2.75, 3.05) is 38.1 Å². The molecule has 0 atom stereocenters. The van der Waals surface area contributed by atoms with Gasteiger partial charge in [0.05, 0.1) is 11.3 Å². The summed E-state index contributed by atoms with van der Waals surface area (Å²) in [6.45, 7) is 10.7. The number of halogens is 1. The predicted molar refractivity (Wildman–Crippen MR) is 99.7 cm³/mol. The fraction of sp³-hybridized carbons (Fsp3) is 0.556. The molecule has 138 valence electrons. The van der Waals surface area contributed by atoms with Crippen LogP contribution in [-0.4, -0.2) is 55.5 Å². The number of nitrogens with one attached hydrogen (secondary N) is 1. The van der Waals surface area contributed by atoms with E-state index in [-0.39, 0.29) is 11.8 Å². The van der Waals surface area contributed by atoms with Crippen molar-refractivity contribution in [3.8, 4) is 5.75 Å². The SMILES string of the molecule is CCN(CC)CCNC(=O)c1cc(Cl)cc2c1OC(C)(C)C(=O)N2C. The number of likely N-dealkylation sites (N-methyl/N-ethyl adjacent to an activating group) is 2. The summed E-state index contributed by atoms with van der Waals surface area (Å²) in [5.41, 5.74) is -0.188. The standard InChI is InChI=1S/C18H26ClN3O3/c1-6-22(7-2)9-8-20-16(23)13-10-12(19)11-14-15(13)25-18(3,4)17(24)21(14)5/h10-11H,6-9H2,1-5H3,(H,20,23). The van der Waals surface area contributed by atoms with Crippen LogP contribution < -0.4 is 15.0 Å². The van der Waals surface area contributed by atoms with E-state index in [0.717, 1.165) is 19.6 Å². The molecule has 1 aliphatic heterocycles. The number of anilines is 1. The van der Waals surface area contributed by atoms with Crippen molar-refractivity contribution in [2.24, 2.45) is 0 Å². The van der Waals surface area contributed by atoms with Crippen molar-refractivity contribution < 1.29 is 14.3 Å². The molecule has 1 N–H and O–H groups in total. The Labute approximate surface area is 154 Å². The van der Waals surface area contributed by atoms with Crippen molar-refractivity contribution in [3.63, 3.8) is 0 Å². The summed E-state index contributed by atoms with van der Waals surface area (Å²) in [6.07, 6.45) is 0. The van der Waals surface area contributed by atoms with Gasteiger partial charge in [0.25, 0.3) is 11.8 Å². The maximum atomic E-state index is 12.7. The topological polar surface area (TPSA) is 61.9 Å². The largest absolute Gasteiger partial charge is 0.475 e. The van der Waals surface area contributed by atoms with Gasteiger partial charge in [-0.2, -0.15) is 0 Å². The van der Waals surface area contributed by atoms with E-state index in [1.54, 1.807) is 33.0 Å². The van der Waals surface area contributed by atoms with Gasteiger partial charge in [-0.15, -0.1) is 0 Å². The fourth-order valence-corrected chi connectivity index (χ4v) is 3.09. The van der Waals surface area contributed by atoms with Crippen molar-refractivity contribution in [1.29, 1.82) is 0 Å². The number of carbonyl (C=O) groups excluding carboxylic acids is 2. The van der Waals surface area contributed by atoms with E-state index in [0.29, 0.717) is 28.6 Å². The van der Waals surface area contributed by atoms with Crippen LogP contribution in [-0.2, 0) is 4.79 Å². The highest BCUT2D eigenvalue weighted by molar-refractivity contribution is 6.31. The number of hydrogen-bond acceptors (Lipinski definition) is 4. The van der Waals surface area contributed by atoms with Crippen LogP contribution in [0, 0.1) is 0 Å². The Hall–Kier alpha value is -1.79. The molecule has 7 heteroatoms. The van der Waals surface area contributed by atoms with Gasteiger partial charge in [0, 0.05) is 25.2 Å². The number of amides is 2. The van der Waals surface area contributed by atoms with Gasteiger partial charge < -0.3 is 19.9 Å². The molecule has 6 nitrogen and oxygen atoms in total. The Balaban J connectivity index is 2.26. The van der Waals surface area contributed by atoms with Crippen molar-refractivity contribution in [2.45, 2.75) is 33.3 Å². The van der Waals surface area contributed by atoms with Gasteiger partial charge in [0.2, 0.25) is 0 Å². The van der Waals surface area contributed by atoms with E-state index in [2.05, 4.69) is 24.1 Å². The first-order valence-corrected chi connectivity index (χ1v) is 8.90. The summed E-state index contributed by atoms with van der Waals surface area (Å²) in [7, 11) is 1.66. The van der Waals surface area contributed by atoms with Gasteiger partial charge in [-0.05, 0) is 39.1 Å². The van der Waals surface area contributed by atoms with E-state index in [1.807, 2.05) is 0 Å². The second-order valence-electron chi connectivity index (χ2n) is 6.56. The summed E-state index contributed by atoms with van der Waals surface area (Å²) in [4.78, 5) is 28.7. The summed E-state index contributed by atoms with van der Waals surface area (Å²) in [5, 5.41) is 3.29. The number of nitrogens with zero attached hydrogens (tertiary/aromatic N) is 2. The minimum atomic E-state index is -1.04. The van der Waals surface area contributed by atoms with Crippen LogP contribution >= 0.6 is 11.6 Å². The molecular weight excluding hydrogens is 342 g/mol. The molecule has 0 spiro atoms. The van der Waals surface area contributed by atoms with E-state index < -0.39 is 5.60 Å². The van der Waals surface area contributed by atoms with Gasteiger partial charge in [-0.1, -0.05) is 25.4 Å². The summed E-state index contributed by atoms with van der Waals surface area (Å²) < 4.78 is 5.86. The molecule has 1 aromatic carbocycles. The minimum absolute atomic E-state index is 0.185. The lowest BCUT2D eigenvalue weighted by atomic mass is 10.0. The van der Waals surface area contributed by atoms with Gasteiger partial charge in [-0.25, -0.2) is 0 Å². The molecule has 1 aromatic rings. The molecule has 0 aliphatic carbocycles. The molecule has 0 radical (unpaired) electrons. The highest BCUT2D eigenvalue weighted by atomic mass is 35.5. The summed E-state index contributed by atoms with van der Waals surface area (Å²) in [6, 6.07) is 3.21. The number of carbonyl (C=O) groups is 2. The van der Waals surface area contributed by atoms with Gasteiger partial charge in [-0.3, -0.25) is 9.59 Å². The number of rotatable bonds is 6. The average Bonchev–Trinajstić information content (AvgIpc) is 2.57. The van der Waals surface area contributed by atoms with Gasteiger partial charge >= 0.3 is 0 Å². The Morgan fingerprint density at radius 3 is 2.56 bits per heavy atom. The minimum Gasteiger partial charge on any atom is -0.475 e. The van der Waals surface area contributed by atoms with E-state index >= 15 is 0 Å². The van der Waals surface area contributed by atoms with Crippen molar-refractivity contribution in [3.05, 3.63) is 22.7 Å². The number of hydrogen-bond donors (Lipinski definition) is 1. The maximum absolute atomic E-state index is 12.7. The summed E-state index contributed by atoms with van der Waals surface area (Å²) >= 11 is 6.16. The monoisotopic (exact) mass is 367 g/mol. The lowest BCUT2D eigenvalue weighted by Gasteiger charge is -2.37. The predicted octanol–water partition coefficient (Wildman–Crippen LogP) is 2.55. The number of fused-ring (bicyclic) bond motifs is 1. The Morgan fingerprint density at radius 1 is 1.32 bits per heavy atom. The second-order valence-corrected chi connectivity index (χ2v) is 7.00. The Morgan fingerprint density at radius 2 is 1.96 bits per heavy atom.